The van der Waals surface area contributed by atoms with Crippen molar-refractivity contribution in [3.8, 4) is 0 Å². The predicted octanol–water partition coefficient (Wildman–Crippen LogP) is 4.08. The van der Waals surface area contributed by atoms with Gasteiger partial charge in [-0.1, -0.05) is 78.1 Å². The molecule has 8 nitrogen and oxygen atoms in total. The van der Waals surface area contributed by atoms with Crippen molar-refractivity contribution in [1.29, 1.82) is 0 Å². The van der Waals surface area contributed by atoms with Crippen molar-refractivity contribution in [3.63, 3.8) is 0 Å². The molecular weight excluding hydrogens is 384 g/mol. The molecule has 0 spiro atoms. The van der Waals surface area contributed by atoms with Crippen LogP contribution in [0.2, 0.25) is 0 Å². The Labute approximate surface area is 158 Å². The summed E-state index contributed by atoms with van der Waals surface area (Å²) in [5, 5.41) is 0. The number of hydrogen-bond donors (Lipinski definition) is 2. The van der Waals surface area contributed by atoms with E-state index in [1.165, 1.54) is 6.42 Å². The summed E-state index contributed by atoms with van der Waals surface area (Å²) in [6.07, 6.45) is 7.30. The normalized spacial score (nSPS) is 15.1. The Morgan fingerprint density at radius 2 is 0.923 bits per heavy atom. The van der Waals surface area contributed by atoms with Gasteiger partial charge in [-0.2, -0.15) is 16.8 Å². The number of unbranched alkanes of at least 4 members (excludes halogenated alkanes) is 8. The molecule has 0 aromatic carbocycles. The first-order valence-corrected chi connectivity index (χ1v) is 12.1. The zero-order chi connectivity index (χ0) is 20.1. The van der Waals surface area contributed by atoms with Gasteiger partial charge in [-0.05, 0) is 12.8 Å². The molecule has 0 heterocycles. The Balaban J connectivity index is 4.78. The third-order valence-corrected chi connectivity index (χ3v) is 5.07. The van der Waals surface area contributed by atoms with E-state index in [0.29, 0.717) is 12.8 Å². The van der Waals surface area contributed by atoms with Gasteiger partial charge in [-0.15, -0.1) is 0 Å². The molecule has 0 aromatic rings. The summed E-state index contributed by atoms with van der Waals surface area (Å²) in [5.41, 5.74) is 0. The van der Waals surface area contributed by atoms with Crippen LogP contribution in [0.25, 0.3) is 0 Å². The maximum absolute atomic E-state index is 11.1. The van der Waals surface area contributed by atoms with Crippen LogP contribution in [0, 0.1) is 0 Å². The minimum atomic E-state index is -4.77. The topological polar surface area (TPSA) is 127 Å². The third kappa shape index (κ3) is 16.0. The van der Waals surface area contributed by atoms with Gasteiger partial charge in [0, 0.05) is 0 Å². The molecule has 0 saturated carbocycles. The van der Waals surface area contributed by atoms with Gasteiger partial charge >= 0.3 is 20.8 Å². The molecule has 158 valence electrons. The fraction of sp³-hybridized carbons (Fsp3) is 1.00. The summed E-state index contributed by atoms with van der Waals surface area (Å²) >= 11 is 0. The summed E-state index contributed by atoms with van der Waals surface area (Å²) in [5.74, 6) is 0. The summed E-state index contributed by atoms with van der Waals surface area (Å²) < 4.78 is 71.6. The van der Waals surface area contributed by atoms with Crippen molar-refractivity contribution in [2.24, 2.45) is 0 Å². The molecule has 0 aromatic heterocycles. The van der Waals surface area contributed by atoms with Crippen LogP contribution in [-0.2, 0) is 29.2 Å². The maximum atomic E-state index is 11.1. The molecule has 2 unspecified atom stereocenters. The molecule has 0 amide bonds. The smallest absolute Gasteiger partial charge is 0.264 e. The molecule has 2 atom stereocenters. The molecule has 2 N–H and O–H groups in total. The summed E-state index contributed by atoms with van der Waals surface area (Å²) in [6, 6.07) is 0. The minimum absolute atomic E-state index is 0.199. The molecule has 0 rings (SSSR count). The van der Waals surface area contributed by atoms with Gasteiger partial charge in [0.05, 0.1) is 0 Å². The molecule has 0 bridgehead atoms. The van der Waals surface area contributed by atoms with Gasteiger partial charge < -0.3 is 0 Å². The van der Waals surface area contributed by atoms with E-state index < -0.39 is 33.0 Å². The molecule has 0 fully saturated rings. The van der Waals surface area contributed by atoms with Crippen LogP contribution in [0.15, 0.2) is 0 Å². The van der Waals surface area contributed by atoms with E-state index in [1.807, 2.05) is 6.92 Å². The predicted molar refractivity (Wildman–Crippen MR) is 99.6 cm³/mol. The fourth-order valence-electron chi connectivity index (χ4n) is 2.80. The van der Waals surface area contributed by atoms with E-state index in [0.717, 1.165) is 44.9 Å². The van der Waals surface area contributed by atoms with Gasteiger partial charge in [0.1, 0.15) is 12.2 Å². The van der Waals surface area contributed by atoms with Crippen molar-refractivity contribution >= 4 is 20.8 Å². The lowest BCUT2D eigenvalue weighted by molar-refractivity contribution is 0.0332. The largest absolute Gasteiger partial charge is 0.397 e. The van der Waals surface area contributed by atoms with Crippen molar-refractivity contribution in [2.75, 3.05) is 0 Å². The minimum Gasteiger partial charge on any atom is -0.264 e. The monoisotopic (exact) mass is 418 g/mol. The first-order chi connectivity index (χ1) is 12.1. The van der Waals surface area contributed by atoms with Crippen molar-refractivity contribution in [1.82, 2.24) is 0 Å². The zero-order valence-electron chi connectivity index (χ0n) is 15.8. The lowest BCUT2D eigenvalue weighted by Gasteiger charge is -2.24. The standard InChI is InChI=1S/C16H34O8S2/c1-3-5-7-8-9-10-12-14-16(24-26(20,21)22)15(13-11-6-4-2)23-25(17,18)19/h15-16H,3-14H2,1-2H3,(H,17,18,19)(H,20,21,22). The Morgan fingerprint density at radius 3 is 1.31 bits per heavy atom. The molecule has 0 aliphatic rings. The van der Waals surface area contributed by atoms with E-state index in [4.69, 9.17) is 9.11 Å². The summed E-state index contributed by atoms with van der Waals surface area (Å²) in [7, 11) is -9.53. The molecule has 0 aliphatic heterocycles. The van der Waals surface area contributed by atoms with Crippen LogP contribution >= 0.6 is 0 Å². The van der Waals surface area contributed by atoms with Gasteiger partial charge in [0.2, 0.25) is 0 Å². The Bertz CT molecular complexity index is 545. The highest BCUT2D eigenvalue weighted by Gasteiger charge is 2.30. The summed E-state index contributed by atoms with van der Waals surface area (Å²) in [6.45, 7) is 4.09. The van der Waals surface area contributed by atoms with Gasteiger partial charge in [0.15, 0.2) is 0 Å². The quantitative estimate of drug-likeness (QED) is 0.267. The fourth-order valence-corrected chi connectivity index (χ4v) is 3.87. The van der Waals surface area contributed by atoms with E-state index >= 15 is 0 Å². The maximum Gasteiger partial charge on any atom is 0.397 e. The van der Waals surface area contributed by atoms with Crippen LogP contribution < -0.4 is 0 Å². The van der Waals surface area contributed by atoms with Crippen molar-refractivity contribution in [3.05, 3.63) is 0 Å². The average molecular weight is 419 g/mol. The highest BCUT2D eigenvalue weighted by Crippen LogP contribution is 2.22. The average Bonchev–Trinajstić information content (AvgIpc) is 2.50. The molecule has 10 heteroatoms. The van der Waals surface area contributed by atoms with E-state index in [-0.39, 0.29) is 12.8 Å². The molecular formula is C16H34O8S2. The number of rotatable bonds is 17. The SMILES string of the molecule is CCCCCCCCCC(OS(=O)(=O)O)C(CCCCC)OS(=O)(=O)O. The molecule has 0 saturated heterocycles. The van der Waals surface area contributed by atoms with Gasteiger partial charge in [-0.3, -0.25) is 9.11 Å². The second kappa shape index (κ2) is 13.8. The van der Waals surface area contributed by atoms with Crippen LogP contribution in [0.3, 0.4) is 0 Å². The number of hydrogen-bond acceptors (Lipinski definition) is 6. The zero-order valence-corrected chi connectivity index (χ0v) is 17.4. The molecule has 0 aliphatic carbocycles. The Kier molecular flexibility index (Phi) is 13.7. The van der Waals surface area contributed by atoms with Crippen LogP contribution in [0.1, 0.15) is 90.9 Å². The lowest BCUT2D eigenvalue weighted by Crippen LogP contribution is -2.35. The first kappa shape index (κ1) is 25.7. The Hall–Kier alpha value is -0.260. The van der Waals surface area contributed by atoms with E-state index in [1.54, 1.807) is 0 Å². The van der Waals surface area contributed by atoms with Gasteiger partial charge in [-0.25, -0.2) is 8.37 Å². The summed E-state index contributed by atoms with van der Waals surface area (Å²) in [4.78, 5) is 0. The highest BCUT2D eigenvalue weighted by molar-refractivity contribution is 7.81. The van der Waals surface area contributed by atoms with Crippen LogP contribution in [0.4, 0.5) is 0 Å². The second-order valence-corrected chi connectivity index (χ2v) is 8.63. The highest BCUT2D eigenvalue weighted by atomic mass is 32.3. The lowest BCUT2D eigenvalue weighted by atomic mass is 10.0. The van der Waals surface area contributed by atoms with Gasteiger partial charge in [0.25, 0.3) is 0 Å². The Morgan fingerprint density at radius 1 is 0.615 bits per heavy atom. The van der Waals surface area contributed by atoms with E-state index in [2.05, 4.69) is 15.3 Å². The van der Waals surface area contributed by atoms with Crippen molar-refractivity contribution < 1.29 is 34.3 Å². The first-order valence-electron chi connectivity index (χ1n) is 9.40. The van der Waals surface area contributed by atoms with Crippen LogP contribution in [0.5, 0.6) is 0 Å². The third-order valence-electron chi connectivity index (χ3n) is 4.09. The van der Waals surface area contributed by atoms with Crippen LogP contribution in [-0.4, -0.2) is 38.1 Å². The van der Waals surface area contributed by atoms with E-state index in [9.17, 15) is 16.8 Å². The molecule has 26 heavy (non-hydrogen) atoms. The van der Waals surface area contributed by atoms with Crippen molar-refractivity contribution in [2.45, 2.75) is 103 Å². The second-order valence-electron chi connectivity index (χ2n) is 6.53. The molecule has 0 radical (unpaired) electrons.